The van der Waals surface area contributed by atoms with Crippen LogP contribution in [-0.4, -0.2) is 49.3 Å². The molecule has 136 valence electrons. The van der Waals surface area contributed by atoms with Gasteiger partial charge in [0.15, 0.2) is 0 Å². The van der Waals surface area contributed by atoms with Gasteiger partial charge in [-0.15, -0.1) is 0 Å². The van der Waals surface area contributed by atoms with Crippen LogP contribution in [0.4, 0.5) is 0 Å². The van der Waals surface area contributed by atoms with E-state index in [1.807, 2.05) is 0 Å². The fourth-order valence-electron chi connectivity index (χ4n) is 2.38. The van der Waals surface area contributed by atoms with Crippen LogP contribution in [0.1, 0.15) is 11.1 Å². The molecule has 4 N–H and O–H groups in total. The SMILES string of the molecule is [B]c1cc(CCNC(=O)/C(Cc2cc([B])c(O)c(Br)c2)=N\O)cc(Br)c1O. The minimum atomic E-state index is -0.536. The quantitative estimate of drug-likeness (QED) is 0.209. The molecule has 1 amide bonds. The third-order valence-corrected chi connectivity index (χ3v) is 4.97. The number of aromatic hydroxyl groups is 2. The summed E-state index contributed by atoms with van der Waals surface area (Å²) in [6.07, 6.45) is 0.494. The van der Waals surface area contributed by atoms with Crippen molar-refractivity contribution in [2.75, 3.05) is 6.54 Å². The van der Waals surface area contributed by atoms with E-state index in [-0.39, 0.29) is 41.1 Å². The average Bonchev–Trinajstić information content (AvgIpc) is 2.61. The first kappa shape index (κ1) is 21.4. The third kappa shape index (κ3) is 5.52. The minimum Gasteiger partial charge on any atom is -0.507 e. The highest BCUT2D eigenvalue weighted by molar-refractivity contribution is 9.11. The summed E-state index contributed by atoms with van der Waals surface area (Å²) in [5.74, 6) is -0.659. The zero-order valence-electron chi connectivity index (χ0n) is 14.0. The Bertz CT molecular complexity index is 860. The lowest BCUT2D eigenvalue weighted by atomic mass is 9.91. The van der Waals surface area contributed by atoms with Gasteiger partial charge in [-0.1, -0.05) is 28.2 Å². The molecule has 0 saturated carbocycles. The lowest BCUT2D eigenvalue weighted by molar-refractivity contribution is -0.115. The van der Waals surface area contributed by atoms with E-state index >= 15 is 0 Å². The molecule has 0 spiro atoms. The highest BCUT2D eigenvalue weighted by Crippen LogP contribution is 2.23. The zero-order valence-corrected chi connectivity index (χ0v) is 17.2. The number of carbonyl (C=O) groups excluding carboxylic acids is 1. The van der Waals surface area contributed by atoms with E-state index in [0.717, 1.165) is 5.56 Å². The van der Waals surface area contributed by atoms with Crippen molar-refractivity contribution in [3.8, 4) is 11.5 Å². The van der Waals surface area contributed by atoms with Crippen molar-refractivity contribution in [3.05, 3.63) is 44.3 Å². The predicted molar refractivity (Wildman–Crippen MR) is 112 cm³/mol. The summed E-state index contributed by atoms with van der Waals surface area (Å²) in [5, 5.41) is 34.2. The first-order chi connectivity index (χ1) is 12.7. The van der Waals surface area contributed by atoms with Crippen LogP contribution < -0.4 is 16.2 Å². The monoisotopic (exact) mass is 490 g/mol. The van der Waals surface area contributed by atoms with E-state index in [2.05, 4.69) is 42.3 Å². The number of hydrogen-bond acceptors (Lipinski definition) is 5. The Morgan fingerprint density at radius 3 is 2.04 bits per heavy atom. The summed E-state index contributed by atoms with van der Waals surface area (Å²) in [6, 6.07) is 6.40. The van der Waals surface area contributed by atoms with Crippen LogP contribution in [0.2, 0.25) is 0 Å². The summed E-state index contributed by atoms with van der Waals surface area (Å²) < 4.78 is 0.850. The van der Waals surface area contributed by atoms with Crippen LogP contribution in [0.25, 0.3) is 0 Å². The highest BCUT2D eigenvalue weighted by Gasteiger charge is 2.15. The van der Waals surface area contributed by atoms with Crippen LogP contribution in [-0.2, 0) is 17.6 Å². The van der Waals surface area contributed by atoms with Gasteiger partial charge in [0.1, 0.15) is 32.9 Å². The molecule has 10 heteroatoms. The predicted octanol–water partition coefficient (Wildman–Crippen LogP) is 0.942. The van der Waals surface area contributed by atoms with Gasteiger partial charge in [0, 0.05) is 13.0 Å². The van der Waals surface area contributed by atoms with Gasteiger partial charge in [-0.2, -0.15) is 0 Å². The Kier molecular flexibility index (Phi) is 7.38. The molecule has 0 aliphatic carbocycles. The first-order valence-electron chi connectivity index (χ1n) is 7.75. The average molecular weight is 492 g/mol. The molecule has 6 nitrogen and oxygen atoms in total. The van der Waals surface area contributed by atoms with Crippen molar-refractivity contribution in [2.24, 2.45) is 5.16 Å². The number of phenolic OH excluding ortho intramolecular Hbond substituents is 2. The number of nitrogens with zero attached hydrogens (tertiary/aromatic N) is 1. The Hall–Kier alpha value is -1.93. The molecule has 2 aromatic carbocycles. The number of nitrogens with one attached hydrogen (secondary N) is 1. The van der Waals surface area contributed by atoms with E-state index in [0.29, 0.717) is 20.9 Å². The standard InChI is InChI=1S/C17H14B2Br2N2O4/c18-10-3-8(5-12(20)15(10)24)1-2-22-17(26)14(23-27)7-9-4-11(19)16(25)13(21)6-9/h3-6,24-25,27H,1-2,7H2,(H,22,26)/b23-14-. The molecule has 0 atom stereocenters. The Morgan fingerprint density at radius 2 is 1.52 bits per heavy atom. The zero-order chi connectivity index (χ0) is 20.1. The smallest absolute Gasteiger partial charge is 0.269 e. The Morgan fingerprint density at radius 1 is 1.00 bits per heavy atom. The molecule has 0 fully saturated rings. The molecule has 0 saturated heterocycles. The summed E-state index contributed by atoms with van der Waals surface area (Å²) in [7, 11) is 11.4. The van der Waals surface area contributed by atoms with Crippen LogP contribution in [0.15, 0.2) is 38.4 Å². The number of oxime groups is 1. The molecule has 0 heterocycles. The number of carbonyl (C=O) groups is 1. The van der Waals surface area contributed by atoms with Crippen LogP contribution in [0.3, 0.4) is 0 Å². The Balaban J connectivity index is 1.98. The highest BCUT2D eigenvalue weighted by atomic mass is 79.9. The number of benzene rings is 2. The van der Waals surface area contributed by atoms with E-state index in [1.165, 1.54) is 6.07 Å². The second kappa shape index (κ2) is 9.32. The molecule has 2 rings (SSSR count). The van der Waals surface area contributed by atoms with Crippen LogP contribution in [0.5, 0.6) is 11.5 Å². The van der Waals surface area contributed by atoms with Crippen molar-refractivity contribution in [3.63, 3.8) is 0 Å². The molecule has 0 aromatic heterocycles. The van der Waals surface area contributed by atoms with Gasteiger partial charge in [-0.25, -0.2) is 0 Å². The lowest BCUT2D eigenvalue weighted by Crippen LogP contribution is -2.34. The minimum absolute atomic E-state index is 0.0307. The number of hydrogen-bond donors (Lipinski definition) is 4. The molecule has 27 heavy (non-hydrogen) atoms. The van der Waals surface area contributed by atoms with E-state index in [1.54, 1.807) is 18.2 Å². The first-order valence-corrected chi connectivity index (χ1v) is 9.34. The fraction of sp³-hybridized carbons (Fsp3) is 0.176. The molecule has 0 aliphatic heterocycles. The van der Waals surface area contributed by atoms with Crippen molar-refractivity contribution in [2.45, 2.75) is 12.8 Å². The van der Waals surface area contributed by atoms with E-state index in [9.17, 15) is 15.0 Å². The van der Waals surface area contributed by atoms with E-state index < -0.39 is 5.91 Å². The molecular weight excluding hydrogens is 478 g/mol. The molecule has 4 radical (unpaired) electrons. The third-order valence-electron chi connectivity index (χ3n) is 3.76. The Labute approximate surface area is 175 Å². The van der Waals surface area contributed by atoms with E-state index in [4.69, 9.17) is 20.9 Å². The van der Waals surface area contributed by atoms with Gasteiger partial charge in [0.05, 0.1) is 8.95 Å². The van der Waals surface area contributed by atoms with Gasteiger partial charge in [-0.05, 0) is 61.5 Å². The van der Waals surface area contributed by atoms with Gasteiger partial charge < -0.3 is 20.7 Å². The number of amides is 1. The summed E-state index contributed by atoms with van der Waals surface area (Å²) in [4.78, 5) is 12.2. The normalized spacial score (nSPS) is 11.4. The van der Waals surface area contributed by atoms with Gasteiger partial charge in [0.2, 0.25) is 0 Å². The largest absolute Gasteiger partial charge is 0.507 e. The maximum Gasteiger partial charge on any atom is 0.269 e. The topological polar surface area (TPSA) is 102 Å². The molecule has 0 unspecified atom stereocenters. The maximum atomic E-state index is 12.2. The number of rotatable bonds is 6. The van der Waals surface area contributed by atoms with Crippen molar-refractivity contribution in [1.29, 1.82) is 0 Å². The maximum absolute atomic E-state index is 12.2. The lowest BCUT2D eigenvalue weighted by Gasteiger charge is -2.10. The molecule has 0 bridgehead atoms. The summed E-state index contributed by atoms with van der Waals surface area (Å²) >= 11 is 6.37. The molecule has 0 aliphatic rings. The summed E-state index contributed by atoms with van der Waals surface area (Å²) in [6.45, 7) is 0.274. The molecule has 2 aromatic rings. The van der Waals surface area contributed by atoms with Crippen molar-refractivity contribution in [1.82, 2.24) is 5.32 Å². The second-order valence-corrected chi connectivity index (χ2v) is 7.47. The van der Waals surface area contributed by atoms with Crippen molar-refractivity contribution < 1.29 is 20.2 Å². The molecular formula is C17H14B2Br2N2O4. The van der Waals surface area contributed by atoms with Gasteiger partial charge >= 0.3 is 0 Å². The van der Waals surface area contributed by atoms with Gasteiger partial charge in [0.25, 0.3) is 5.91 Å². The van der Waals surface area contributed by atoms with Crippen molar-refractivity contribution >= 4 is 70.1 Å². The number of halogens is 2. The fourth-order valence-corrected chi connectivity index (χ4v) is 3.43. The van der Waals surface area contributed by atoms with Gasteiger partial charge in [-0.3, -0.25) is 4.79 Å². The second-order valence-electron chi connectivity index (χ2n) is 5.76. The summed E-state index contributed by atoms with van der Waals surface area (Å²) in [5.41, 5.74) is 1.69. The van der Waals surface area contributed by atoms with Crippen LogP contribution in [0, 0.1) is 0 Å². The van der Waals surface area contributed by atoms with Crippen LogP contribution >= 0.6 is 31.9 Å². The number of phenols is 2.